The predicted molar refractivity (Wildman–Crippen MR) is 57.3 cm³/mol. The lowest BCUT2D eigenvalue weighted by Gasteiger charge is -1.87. The SMILES string of the molecule is CC.Cc1cc2cc(Cl)ccc2o1. The van der Waals surface area contributed by atoms with Crippen LogP contribution in [0.4, 0.5) is 0 Å². The van der Waals surface area contributed by atoms with E-state index in [9.17, 15) is 0 Å². The molecule has 0 amide bonds. The van der Waals surface area contributed by atoms with Gasteiger partial charge in [0.15, 0.2) is 0 Å². The quantitative estimate of drug-likeness (QED) is 0.608. The van der Waals surface area contributed by atoms with Crippen molar-refractivity contribution < 1.29 is 4.42 Å². The lowest BCUT2D eigenvalue weighted by atomic mass is 10.2. The first-order valence-electron chi connectivity index (χ1n) is 4.41. The van der Waals surface area contributed by atoms with Crippen molar-refractivity contribution >= 4 is 22.6 Å². The van der Waals surface area contributed by atoms with Crippen molar-refractivity contribution in [2.45, 2.75) is 20.8 Å². The smallest absolute Gasteiger partial charge is 0.134 e. The van der Waals surface area contributed by atoms with Gasteiger partial charge in [-0.1, -0.05) is 25.4 Å². The van der Waals surface area contributed by atoms with E-state index < -0.39 is 0 Å². The lowest BCUT2D eigenvalue weighted by Crippen LogP contribution is -1.62. The van der Waals surface area contributed by atoms with E-state index in [-0.39, 0.29) is 0 Å². The second kappa shape index (κ2) is 4.33. The van der Waals surface area contributed by atoms with Crippen LogP contribution in [0.15, 0.2) is 28.7 Å². The molecule has 0 radical (unpaired) electrons. The van der Waals surface area contributed by atoms with E-state index in [1.807, 2.05) is 45.0 Å². The Morgan fingerprint density at radius 1 is 1.15 bits per heavy atom. The molecular formula is C11H13ClO. The first-order valence-corrected chi connectivity index (χ1v) is 4.79. The van der Waals surface area contributed by atoms with E-state index in [4.69, 9.17) is 16.0 Å². The Kier molecular flexibility index (Phi) is 3.38. The minimum Gasteiger partial charge on any atom is -0.461 e. The number of rotatable bonds is 0. The molecule has 1 nitrogen and oxygen atoms in total. The van der Waals surface area contributed by atoms with Gasteiger partial charge in [-0.25, -0.2) is 0 Å². The van der Waals surface area contributed by atoms with Crippen LogP contribution in [-0.4, -0.2) is 0 Å². The third kappa shape index (κ3) is 2.25. The maximum atomic E-state index is 5.79. The van der Waals surface area contributed by atoms with Crippen molar-refractivity contribution in [1.82, 2.24) is 0 Å². The van der Waals surface area contributed by atoms with Crippen LogP contribution in [0.5, 0.6) is 0 Å². The zero-order valence-corrected chi connectivity index (χ0v) is 8.85. The van der Waals surface area contributed by atoms with E-state index in [1.54, 1.807) is 0 Å². The van der Waals surface area contributed by atoms with Crippen molar-refractivity contribution in [3.63, 3.8) is 0 Å². The molecule has 0 saturated heterocycles. The summed E-state index contributed by atoms with van der Waals surface area (Å²) in [7, 11) is 0. The van der Waals surface area contributed by atoms with Crippen LogP contribution in [0.25, 0.3) is 11.0 Å². The highest BCUT2D eigenvalue weighted by Crippen LogP contribution is 2.22. The normalized spacial score (nSPS) is 9.54. The van der Waals surface area contributed by atoms with Gasteiger partial charge in [0.2, 0.25) is 0 Å². The highest BCUT2D eigenvalue weighted by molar-refractivity contribution is 6.31. The van der Waals surface area contributed by atoms with E-state index in [1.165, 1.54) is 0 Å². The van der Waals surface area contributed by atoms with Crippen molar-refractivity contribution in [2.24, 2.45) is 0 Å². The summed E-state index contributed by atoms with van der Waals surface area (Å²) in [6, 6.07) is 7.58. The van der Waals surface area contributed by atoms with Gasteiger partial charge in [0.05, 0.1) is 0 Å². The van der Waals surface area contributed by atoms with Crippen LogP contribution in [0.3, 0.4) is 0 Å². The molecule has 2 heteroatoms. The average Bonchev–Trinajstić information content (AvgIpc) is 2.48. The monoisotopic (exact) mass is 196 g/mol. The maximum Gasteiger partial charge on any atom is 0.134 e. The summed E-state index contributed by atoms with van der Waals surface area (Å²) in [6.45, 7) is 5.92. The molecule has 0 aliphatic heterocycles. The molecule has 2 aromatic rings. The number of aryl methyl sites for hydroxylation is 1. The molecule has 0 atom stereocenters. The van der Waals surface area contributed by atoms with Crippen molar-refractivity contribution in [3.05, 3.63) is 35.0 Å². The van der Waals surface area contributed by atoms with Crippen LogP contribution in [0.2, 0.25) is 5.02 Å². The highest BCUT2D eigenvalue weighted by Gasteiger charge is 1.98. The Balaban J connectivity index is 0.000000396. The zero-order chi connectivity index (χ0) is 9.84. The number of furan rings is 1. The standard InChI is InChI=1S/C9H7ClO.C2H6/c1-6-4-7-5-8(10)2-3-9(7)11-6;1-2/h2-5H,1H3;1-2H3. The highest BCUT2D eigenvalue weighted by atomic mass is 35.5. The molecule has 0 saturated carbocycles. The molecule has 0 spiro atoms. The molecule has 0 unspecified atom stereocenters. The van der Waals surface area contributed by atoms with Crippen molar-refractivity contribution in [1.29, 1.82) is 0 Å². The van der Waals surface area contributed by atoms with Gasteiger partial charge in [-0.2, -0.15) is 0 Å². The predicted octanol–water partition coefficient (Wildman–Crippen LogP) is 4.42. The fraction of sp³-hybridized carbons (Fsp3) is 0.273. The largest absolute Gasteiger partial charge is 0.461 e. The third-order valence-corrected chi connectivity index (χ3v) is 1.84. The molecule has 2 rings (SSSR count). The Labute approximate surface area is 83.3 Å². The molecule has 0 N–H and O–H groups in total. The van der Waals surface area contributed by atoms with Crippen LogP contribution in [0.1, 0.15) is 19.6 Å². The zero-order valence-electron chi connectivity index (χ0n) is 8.10. The summed E-state index contributed by atoms with van der Waals surface area (Å²) in [5.41, 5.74) is 0.895. The number of benzene rings is 1. The van der Waals surface area contributed by atoms with Gasteiger partial charge in [0, 0.05) is 10.4 Å². The first kappa shape index (κ1) is 10.1. The molecule has 0 aliphatic carbocycles. The summed E-state index contributed by atoms with van der Waals surface area (Å²) in [6.07, 6.45) is 0. The molecule has 70 valence electrons. The van der Waals surface area contributed by atoms with E-state index in [0.29, 0.717) is 0 Å². The van der Waals surface area contributed by atoms with Crippen LogP contribution < -0.4 is 0 Å². The Morgan fingerprint density at radius 3 is 2.54 bits per heavy atom. The molecule has 1 aromatic heterocycles. The Morgan fingerprint density at radius 2 is 1.85 bits per heavy atom. The molecule has 0 bridgehead atoms. The lowest BCUT2D eigenvalue weighted by molar-refractivity contribution is 0.578. The Hall–Kier alpha value is -0.950. The fourth-order valence-electron chi connectivity index (χ4n) is 1.15. The number of hydrogen-bond donors (Lipinski definition) is 0. The molecule has 1 aromatic carbocycles. The summed E-state index contributed by atoms with van der Waals surface area (Å²) in [5.74, 6) is 0.919. The number of halogens is 1. The average molecular weight is 197 g/mol. The number of hydrogen-bond acceptors (Lipinski definition) is 1. The second-order valence-corrected chi connectivity index (χ2v) is 2.98. The maximum absolute atomic E-state index is 5.79. The van der Waals surface area contributed by atoms with Gasteiger partial charge >= 0.3 is 0 Å². The topological polar surface area (TPSA) is 13.1 Å². The fourth-order valence-corrected chi connectivity index (χ4v) is 1.33. The van der Waals surface area contributed by atoms with Gasteiger partial charge in [-0.05, 0) is 31.2 Å². The molecule has 1 heterocycles. The summed E-state index contributed by atoms with van der Waals surface area (Å²) in [4.78, 5) is 0. The van der Waals surface area contributed by atoms with Crippen LogP contribution >= 0.6 is 11.6 Å². The van der Waals surface area contributed by atoms with Gasteiger partial charge < -0.3 is 4.42 Å². The summed E-state index contributed by atoms with van der Waals surface area (Å²) in [5, 5.41) is 1.81. The van der Waals surface area contributed by atoms with Gasteiger partial charge in [-0.15, -0.1) is 0 Å². The molecule has 0 fully saturated rings. The first-order chi connectivity index (χ1) is 6.25. The van der Waals surface area contributed by atoms with Crippen molar-refractivity contribution in [2.75, 3.05) is 0 Å². The third-order valence-electron chi connectivity index (χ3n) is 1.60. The molecular weight excluding hydrogens is 184 g/mol. The molecule has 0 aliphatic rings. The van der Waals surface area contributed by atoms with Crippen molar-refractivity contribution in [3.8, 4) is 0 Å². The minimum atomic E-state index is 0.748. The van der Waals surface area contributed by atoms with Crippen LogP contribution in [-0.2, 0) is 0 Å². The molecule has 13 heavy (non-hydrogen) atoms. The summed E-state index contributed by atoms with van der Waals surface area (Å²) < 4.78 is 5.36. The minimum absolute atomic E-state index is 0.748. The summed E-state index contributed by atoms with van der Waals surface area (Å²) >= 11 is 5.79. The second-order valence-electron chi connectivity index (χ2n) is 2.54. The van der Waals surface area contributed by atoms with E-state index in [2.05, 4.69) is 0 Å². The van der Waals surface area contributed by atoms with Gasteiger partial charge in [0.25, 0.3) is 0 Å². The van der Waals surface area contributed by atoms with E-state index >= 15 is 0 Å². The van der Waals surface area contributed by atoms with Gasteiger partial charge in [0.1, 0.15) is 11.3 Å². The Bertz CT molecular complexity index is 390. The van der Waals surface area contributed by atoms with Crippen LogP contribution in [0, 0.1) is 6.92 Å². The van der Waals surface area contributed by atoms with E-state index in [0.717, 1.165) is 21.8 Å². The van der Waals surface area contributed by atoms with Gasteiger partial charge in [-0.3, -0.25) is 0 Å². The number of fused-ring (bicyclic) bond motifs is 1.